The number of furan rings is 1. The van der Waals surface area contributed by atoms with Crippen molar-refractivity contribution in [3.05, 3.63) is 23.7 Å². The van der Waals surface area contributed by atoms with Gasteiger partial charge in [0.15, 0.2) is 0 Å². The summed E-state index contributed by atoms with van der Waals surface area (Å²) in [6.45, 7) is 5.23. The maximum Gasteiger partial charge on any atom is 0.374 e. The third-order valence-electron chi connectivity index (χ3n) is 4.42. The van der Waals surface area contributed by atoms with E-state index in [-0.39, 0.29) is 0 Å². The summed E-state index contributed by atoms with van der Waals surface area (Å²) in [6, 6.07) is 2.36. The van der Waals surface area contributed by atoms with Crippen LogP contribution in [-0.2, 0) is 11.3 Å². The molecule has 1 heterocycles. The van der Waals surface area contributed by atoms with E-state index in [1.165, 1.54) is 32.6 Å². The number of rotatable bonds is 5. The van der Waals surface area contributed by atoms with Crippen molar-refractivity contribution in [2.24, 2.45) is 11.8 Å². The number of methoxy groups -OCH3 is 1. The zero-order chi connectivity index (χ0) is 13.8. The molecule has 0 aliphatic heterocycles. The Morgan fingerprint density at radius 1 is 1.53 bits per heavy atom. The van der Waals surface area contributed by atoms with E-state index in [0.717, 1.165) is 11.5 Å². The summed E-state index contributed by atoms with van der Waals surface area (Å²) in [5, 5.41) is 3.55. The lowest BCUT2D eigenvalue weighted by Gasteiger charge is -2.20. The first-order valence-corrected chi connectivity index (χ1v) is 7.05. The molecular formula is C15H23NO3. The van der Waals surface area contributed by atoms with Crippen LogP contribution in [0.4, 0.5) is 0 Å². The van der Waals surface area contributed by atoms with Crippen LogP contribution in [-0.4, -0.2) is 19.1 Å². The Morgan fingerprint density at radius 2 is 2.32 bits per heavy atom. The first-order valence-electron chi connectivity index (χ1n) is 7.05. The smallest absolute Gasteiger partial charge is 0.374 e. The number of nitrogens with one attached hydrogen (secondary N) is 1. The number of hydrogen-bond acceptors (Lipinski definition) is 4. The molecule has 0 radical (unpaired) electrons. The van der Waals surface area contributed by atoms with Crippen LogP contribution < -0.4 is 5.32 Å². The quantitative estimate of drug-likeness (QED) is 0.832. The van der Waals surface area contributed by atoms with Crippen molar-refractivity contribution in [3.63, 3.8) is 0 Å². The molecule has 1 aromatic rings. The van der Waals surface area contributed by atoms with Gasteiger partial charge in [0.1, 0.15) is 0 Å². The van der Waals surface area contributed by atoms with E-state index in [1.807, 2.05) is 6.07 Å². The standard InChI is InChI=1S/C15H23NO3/c1-4-11-5-6-13(10(11)2)16-9-12-7-8-19-14(12)15(17)18-3/h7-8,10-11,13,16H,4-6,9H2,1-3H3. The second kappa shape index (κ2) is 6.24. The summed E-state index contributed by atoms with van der Waals surface area (Å²) >= 11 is 0. The summed E-state index contributed by atoms with van der Waals surface area (Å²) in [6.07, 6.45) is 5.30. The first kappa shape index (κ1) is 14.1. The van der Waals surface area contributed by atoms with Gasteiger partial charge in [-0.2, -0.15) is 0 Å². The zero-order valence-electron chi connectivity index (χ0n) is 11.9. The van der Waals surface area contributed by atoms with Gasteiger partial charge < -0.3 is 14.5 Å². The monoisotopic (exact) mass is 265 g/mol. The van der Waals surface area contributed by atoms with E-state index in [0.29, 0.717) is 24.3 Å². The molecule has 1 aromatic heterocycles. The van der Waals surface area contributed by atoms with Crippen molar-refractivity contribution >= 4 is 5.97 Å². The largest absolute Gasteiger partial charge is 0.463 e. The van der Waals surface area contributed by atoms with Gasteiger partial charge in [-0.1, -0.05) is 20.3 Å². The lowest BCUT2D eigenvalue weighted by atomic mass is 9.93. The Morgan fingerprint density at radius 3 is 2.95 bits per heavy atom. The van der Waals surface area contributed by atoms with E-state index in [2.05, 4.69) is 19.2 Å². The fraction of sp³-hybridized carbons (Fsp3) is 0.667. The maximum absolute atomic E-state index is 11.5. The molecule has 106 valence electrons. The number of hydrogen-bond donors (Lipinski definition) is 1. The van der Waals surface area contributed by atoms with Crippen molar-refractivity contribution in [3.8, 4) is 0 Å². The van der Waals surface area contributed by atoms with Gasteiger partial charge in [-0.3, -0.25) is 0 Å². The highest BCUT2D eigenvalue weighted by molar-refractivity contribution is 5.87. The van der Waals surface area contributed by atoms with Gasteiger partial charge in [-0.05, 0) is 30.7 Å². The molecule has 0 amide bonds. The van der Waals surface area contributed by atoms with Gasteiger partial charge in [0.2, 0.25) is 5.76 Å². The minimum atomic E-state index is -0.410. The molecule has 1 aliphatic carbocycles. The molecule has 3 atom stereocenters. The van der Waals surface area contributed by atoms with Gasteiger partial charge in [0, 0.05) is 18.2 Å². The van der Waals surface area contributed by atoms with Crippen LogP contribution in [0.2, 0.25) is 0 Å². The third-order valence-corrected chi connectivity index (χ3v) is 4.42. The summed E-state index contributed by atoms with van der Waals surface area (Å²) in [4.78, 5) is 11.5. The highest BCUT2D eigenvalue weighted by atomic mass is 16.5. The molecule has 0 saturated heterocycles. The SMILES string of the molecule is CCC1CCC(NCc2ccoc2C(=O)OC)C1C. The van der Waals surface area contributed by atoms with E-state index in [9.17, 15) is 4.79 Å². The summed E-state index contributed by atoms with van der Waals surface area (Å²) in [7, 11) is 1.37. The predicted molar refractivity (Wildman–Crippen MR) is 72.9 cm³/mol. The third kappa shape index (κ3) is 3.00. The molecule has 1 N–H and O–H groups in total. The van der Waals surface area contributed by atoms with Crippen LogP contribution in [0, 0.1) is 11.8 Å². The molecule has 1 fully saturated rings. The average Bonchev–Trinajstić information content (AvgIpc) is 3.02. The van der Waals surface area contributed by atoms with Crippen molar-refractivity contribution in [2.75, 3.05) is 7.11 Å². The van der Waals surface area contributed by atoms with Gasteiger partial charge >= 0.3 is 5.97 Å². The molecule has 4 nitrogen and oxygen atoms in total. The molecule has 1 saturated carbocycles. The molecule has 0 bridgehead atoms. The van der Waals surface area contributed by atoms with E-state index in [4.69, 9.17) is 9.15 Å². The number of carbonyl (C=O) groups excluding carboxylic acids is 1. The summed E-state index contributed by atoms with van der Waals surface area (Å²) in [5.41, 5.74) is 0.874. The average molecular weight is 265 g/mol. The minimum absolute atomic E-state index is 0.313. The number of esters is 1. The van der Waals surface area contributed by atoms with E-state index in [1.54, 1.807) is 0 Å². The number of carbonyl (C=O) groups is 1. The maximum atomic E-state index is 11.5. The Bertz CT molecular complexity index is 427. The Balaban J connectivity index is 1.93. The zero-order valence-corrected chi connectivity index (χ0v) is 11.9. The lowest BCUT2D eigenvalue weighted by Crippen LogP contribution is -2.32. The van der Waals surface area contributed by atoms with Crippen LogP contribution in [0.15, 0.2) is 16.7 Å². The van der Waals surface area contributed by atoms with Crippen molar-refractivity contribution < 1.29 is 13.9 Å². The minimum Gasteiger partial charge on any atom is -0.463 e. The summed E-state index contributed by atoms with van der Waals surface area (Å²) in [5.74, 6) is 1.42. The second-order valence-electron chi connectivity index (χ2n) is 5.36. The molecular weight excluding hydrogens is 242 g/mol. The van der Waals surface area contributed by atoms with Crippen molar-refractivity contribution in [2.45, 2.75) is 45.7 Å². The van der Waals surface area contributed by atoms with Gasteiger partial charge in [0.25, 0.3) is 0 Å². The molecule has 0 aromatic carbocycles. The van der Waals surface area contributed by atoms with Gasteiger partial charge in [0.05, 0.1) is 13.4 Å². The normalized spacial score (nSPS) is 26.6. The van der Waals surface area contributed by atoms with Crippen LogP contribution in [0.1, 0.15) is 49.2 Å². The topological polar surface area (TPSA) is 51.5 Å². The Labute approximate surface area is 114 Å². The van der Waals surface area contributed by atoms with Crippen molar-refractivity contribution in [1.29, 1.82) is 0 Å². The van der Waals surface area contributed by atoms with Crippen LogP contribution in [0.25, 0.3) is 0 Å². The second-order valence-corrected chi connectivity index (χ2v) is 5.36. The highest BCUT2D eigenvalue weighted by Gasteiger charge is 2.31. The van der Waals surface area contributed by atoms with Crippen molar-refractivity contribution in [1.82, 2.24) is 5.32 Å². The number of ether oxygens (including phenoxy) is 1. The molecule has 3 unspecified atom stereocenters. The molecule has 19 heavy (non-hydrogen) atoms. The Hall–Kier alpha value is -1.29. The van der Waals surface area contributed by atoms with Crippen LogP contribution >= 0.6 is 0 Å². The predicted octanol–water partition coefficient (Wildman–Crippen LogP) is 2.98. The fourth-order valence-electron chi connectivity index (χ4n) is 3.10. The Kier molecular flexibility index (Phi) is 4.64. The van der Waals surface area contributed by atoms with Gasteiger partial charge in [-0.15, -0.1) is 0 Å². The molecule has 2 rings (SSSR count). The van der Waals surface area contributed by atoms with Crippen LogP contribution in [0.5, 0.6) is 0 Å². The van der Waals surface area contributed by atoms with Crippen LogP contribution in [0.3, 0.4) is 0 Å². The summed E-state index contributed by atoms with van der Waals surface area (Å²) < 4.78 is 9.89. The lowest BCUT2D eigenvalue weighted by molar-refractivity contribution is 0.0563. The molecule has 4 heteroatoms. The first-order chi connectivity index (χ1) is 9.17. The van der Waals surface area contributed by atoms with E-state index >= 15 is 0 Å². The molecule has 1 aliphatic rings. The van der Waals surface area contributed by atoms with E-state index < -0.39 is 5.97 Å². The molecule has 0 spiro atoms. The highest BCUT2D eigenvalue weighted by Crippen LogP contribution is 2.34. The van der Waals surface area contributed by atoms with Gasteiger partial charge in [-0.25, -0.2) is 4.79 Å². The fourth-order valence-corrected chi connectivity index (χ4v) is 3.10.